The first-order valence-electron chi connectivity index (χ1n) is 7.43. The molecule has 1 fully saturated rings. The zero-order valence-electron chi connectivity index (χ0n) is 12.8. The Bertz CT molecular complexity index is 780. The minimum Gasteiger partial charge on any atom is -0.385 e. The number of hydrogen-bond donors (Lipinski definition) is 0. The number of hydrogen-bond acceptors (Lipinski definition) is 4. The van der Waals surface area contributed by atoms with Gasteiger partial charge in [-0.1, -0.05) is 66.4 Å². The van der Waals surface area contributed by atoms with Crippen molar-refractivity contribution in [1.82, 2.24) is 4.90 Å². The van der Waals surface area contributed by atoms with Crippen LogP contribution in [0.1, 0.15) is 12.0 Å². The van der Waals surface area contributed by atoms with E-state index in [1.54, 1.807) is 12.0 Å². The molecule has 1 heterocycles. The van der Waals surface area contributed by atoms with Gasteiger partial charge < -0.3 is 4.74 Å². The molecule has 1 aliphatic heterocycles. The molecule has 0 atom stereocenters. The van der Waals surface area contributed by atoms with E-state index in [1.807, 2.05) is 30.3 Å². The molecule has 23 heavy (non-hydrogen) atoms. The highest BCUT2D eigenvalue weighted by Crippen LogP contribution is 2.33. The van der Waals surface area contributed by atoms with Crippen molar-refractivity contribution in [2.45, 2.75) is 6.42 Å². The molecule has 0 spiro atoms. The van der Waals surface area contributed by atoms with E-state index < -0.39 is 0 Å². The summed E-state index contributed by atoms with van der Waals surface area (Å²) in [7, 11) is 1.66. The molecule has 2 aromatic rings. The van der Waals surface area contributed by atoms with Crippen LogP contribution in [-0.2, 0) is 9.53 Å². The molecule has 1 amide bonds. The average Bonchev–Trinajstić information content (AvgIpc) is 2.83. The Kier molecular flexibility index (Phi) is 5.10. The monoisotopic (exact) mass is 343 g/mol. The summed E-state index contributed by atoms with van der Waals surface area (Å²) >= 11 is 6.71. The summed E-state index contributed by atoms with van der Waals surface area (Å²) < 4.78 is 5.66. The zero-order chi connectivity index (χ0) is 16.2. The molecule has 0 unspecified atom stereocenters. The molecule has 1 saturated heterocycles. The summed E-state index contributed by atoms with van der Waals surface area (Å²) in [6, 6.07) is 14.3. The largest absolute Gasteiger partial charge is 0.385 e. The molecule has 0 saturated carbocycles. The van der Waals surface area contributed by atoms with Crippen LogP contribution < -0.4 is 0 Å². The van der Waals surface area contributed by atoms with Gasteiger partial charge in [-0.2, -0.15) is 0 Å². The number of fused-ring (bicyclic) bond motifs is 1. The number of rotatable bonds is 5. The van der Waals surface area contributed by atoms with Crippen molar-refractivity contribution in [3.05, 3.63) is 52.9 Å². The molecule has 2 aromatic carbocycles. The summed E-state index contributed by atoms with van der Waals surface area (Å²) in [6.07, 6.45) is 2.72. The second-order valence-electron chi connectivity index (χ2n) is 5.25. The standard InChI is InChI=1S/C18H17NO2S2/c1-21-11-5-10-19-17(20)16(23-18(19)22)12-14-8-4-7-13-6-2-3-9-15(13)14/h2-4,6-9,12H,5,10-11H2,1H3/b16-12+. The van der Waals surface area contributed by atoms with Crippen LogP contribution in [0.25, 0.3) is 16.8 Å². The van der Waals surface area contributed by atoms with Gasteiger partial charge in [-0.15, -0.1) is 0 Å². The van der Waals surface area contributed by atoms with Crippen molar-refractivity contribution in [2.75, 3.05) is 20.3 Å². The van der Waals surface area contributed by atoms with Gasteiger partial charge in [-0.25, -0.2) is 0 Å². The summed E-state index contributed by atoms with van der Waals surface area (Å²) in [5.41, 5.74) is 1.04. The Hall–Kier alpha value is -1.69. The van der Waals surface area contributed by atoms with Crippen molar-refractivity contribution < 1.29 is 9.53 Å². The fraction of sp³-hybridized carbons (Fsp3) is 0.222. The fourth-order valence-corrected chi connectivity index (χ4v) is 3.88. The van der Waals surface area contributed by atoms with Crippen LogP contribution in [-0.4, -0.2) is 35.4 Å². The molecule has 0 aromatic heterocycles. The van der Waals surface area contributed by atoms with Crippen molar-refractivity contribution in [2.24, 2.45) is 0 Å². The van der Waals surface area contributed by atoms with Crippen molar-refractivity contribution >= 4 is 51.1 Å². The molecule has 1 aliphatic rings. The first kappa shape index (κ1) is 16.2. The van der Waals surface area contributed by atoms with E-state index in [1.165, 1.54) is 11.8 Å². The van der Waals surface area contributed by atoms with E-state index >= 15 is 0 Å². The van der Waals surface area contributed by atoms with Crippen LogP contribution in [0.3, 0.4) is 0 Å². The van der Waals surface area contributed by atoms with E-state index in [4.69, 9.17) is 17.0 Å². The minimum absolute atomic E-state index is 0.0102. The smallest absolute Gasteiger partial charge is 0.266 e. The van der Waals surface area contributed by atoms with E-state index in [9.17, 15) is 4.79 Å². The van der Waals surface area contributed by atoms with Crippen molar-refractivity contribution in [1.29, 1.82) is 0 Å². The molecule has 0 bridgehead atoms. The number of benzene rings is 2. The van der Waals surface area contributed by atoms with E-state index in [0.29, 0.717) is 22.4 Å². The van der Waals surface area contributed by atoms with Gasteiger partial charge in [0.1, 0.15) is 4.32 Å². The van der Waals surface area contributed by atoms with Gasteiger partial charge in [0, 0.05) is 20.3 Å². The maximum atomic E-state index is 12.6. The van der Waals surface area contributed by atoms with Crippen molar-refractivity contribution in [3.8, 4) is 0 Å². The Balaban J connectivity index is 1.88. The van der Waals surface area contributed by atoms with Gasteiger partial charge in [-0.3, -0.25) is 9.69 Å². The molecule has 3 nitrogen and oxygen atoms in total. The lowest BCUT2D eigenvalue weighted by Crippen LogP contribution is -2.29. The summed E-state index contributed by atoms with van der Waals surface area (Å²) in [5.74, 6) is -0.0102. The predicted molar refractivity (Wildman–Crippen MR) is 100 cm³/mol. The fourth-order valence-electron chi connectivity index (χ4n) is 2.58. The second kappa shape index (κ2) is 7.25. The quantitative estimate of drug-likeness (QED) is 0.465. The number of ether oxygens (including phenoxy) is 1. The molecular formula is C18H17NO2S2. The third kappa shape index (κ3) is 3.47. The maximum absolute atomic E-state index is 12.6. The molecule has 3 rings (SSSR count). The Morgan fingerprint density at radius 3 is 2.83 bits per heavy atom. The lowest BCUT2D eigenvalue weighted by atomic mass is 10.0. The Labute approximate surface area is 145 Å². The summed E-state index contributed by atoms with van der Waals surface area (Å²) in [6.45, 7) is 1.23. The number of nitrogens with zero attached hydrogens (tertiary/aromatic N) is 1. The molecule has 118 valence electrons. The number of methoxy groups -OCH3 is 1. The second-order valence-corrected chi connectivity index (χ2v) is 6.92. The van der Waals surface area contributed by atoms with Crippen molar-refractivity contribution in [3.63, 3.8) is 0 Å². The summed E-state index contributed by atoms with van der Waals surface area (Å²) in [5, 5.41) is 2.30. The summed E-state index contributed by atoms with van der Waals surface area (Å²) in [4.78, 5) is 14.9. The van der Waals surface area contributed by atoms with Gasteiger partial charge >= 0.3 is 0 Å². The van der Waals surface area contributed by atoms with Crippen LogP contribution in [0, 0.1) is 0 Å². The number of amides is 1. The zero-order valence-corrected chi connectivity index (χ0v) is 14.5. The molecule has 5 heteroatoms. The first-order valence-corrected chi connectivity index (χ1v) is 8.65. The van der Waals surface area contributed by atoms with Crippen LogP contribution in [0.15, 0.2) is 47.4 Å². The topological polar surface area (TPSA) is 29.5 Å². The number of thioether (sulfide) groups is 1. The lowest BCUT2D eigenvalue weighted by molar-refractivity contribution is -0.122. The number of thiocarbonyl (C=S) groups is 1. The predicted octanol–water partition coefficient (Wildman–Crippen LogP) is 4.08. The van der Waals surface area contributed by atoms with E-state index in [0.717, 1.165) is 22.8 Å². The Morgan fingerprint density at radius 1 is 1.22 bits per heavy atom. The lowest BCUT2D eigenvalue weighted by Gasteiger charge is -2.13. The molecular weight excluding hydrogens is 326 g/mol. The molecule has 0 radical (unpaired) electrons. The SMILES string of the molecule is COCCCN1C(=O)/C(=C\c2cccc3ccccc23)SC1=S. The third-order valence-electron chi connectivity index (χ3n) is 3.71. The van der Waals surface area contributed by atoms with Crippen LogP contribution in [0.2, 0.25) is 0 Å². The maximum Gasteiger partial charge on any atom is 0.266 e. The van der Waals surface area contributed by atoms with Gasteiger partial charge in [0.2, 0.25) is 0 Å². The van der Waals surface area contributed by atoms with E-state index in [2.05, 4.69) is 18.2 Å². The molecule has 0 aliphatic carbocycles. The van der Waals surface area contributed by atoms with E-state index in [-0.39, 0.29) is 5.91 Å². The minimum atomic E-state index is -0.0102. The van der Waals surface area contributed by atoms with Gasteiger partial charge in [0.05, 0.1) is 4.91 Å². The van der Waals surface area contributed by atoms with Gasteiger partial charge in [-0.05, 0) is 28.8 Å². The van der Waals surface area contributed by atoms with Gasteiger partial charge in [0.15, 0.2) is 0 Å². The number of carbonyl (C=O) groups excluding carboxylic acids is 1. The first-order chi connectivity index (χ1) is 11.2. The van der Waals surface area contributed by atoms with Crippen LogP contribution >= 0.6 is 24.0 Å². The Morgan fingerprint density at radius 2 is 2.00 bits per heavy atom. The molecule has 0 N–H and O–H groups in total. The van der Waals surface area contributed by atoms with Gasteiger partial charge in [0.25, 0.3) is 5.91 Å². The highest BCUT2D eigenvalue weighted by Gasteiger charge is 2.31. The highest BCUT2D eigenvalue weighted by atomic mass is 32.2. The number of carbonyl (C=O) groups is 1. The average molecular weight is 343 g/mol. The highest BCUT2D eigenvalue weighted by molar-refractivity contribution is 8.26. The third-order valence-corrected chi connectivity index (χ3v) is 5.09. The van der Waals surface area contributed by atoms with Crippen LogP contribution in [0.5, 0.6) is 0 Å². The normalized spacial score (nSPS) is 16.7. The van der Waals surface area contributed by atoms with Crippen LogP contribution in [0.4, 0.5) is 0 Å².